The molecule has 1 heterocycles. The van der Waals surface area contributed by atoms with E-state index in [1.165, 1.54) is 0 Å². The second-order valence-electron chi connectivity index (χ2n) is 5.47. The van der Waals surface area contributed by atoms with E-state index in [0.29, 0.717) is 5.75 Å². The molecule has 0 radical (unpaired) electrons. The summed E-state index contributed by atoms with van der Waals surface area (Å²) in [6, 6.07) is 11.1. The number of aliphatic hydroxyl groups is 4. The molecule has 0 amide bonds. The standard InChI is InChI=1S/C16H17BrO6/c17-10-3-1-9-6-11(4-2-8(9)5-10)22-16-15(21)14(20)13(19)12(7-18)23-16/h1-6,12-16,18-21H,7H2/t12?,13-,14+,15?,16+/m1/s1. The van der Waals surface area contributed by atoms with Gasteiger partial charge in [0.05, 0.1) is 6.61 Å². The fourth-order valence-electron chi connectivity index (χ4n) is 2.57. The monoisotopic (exact) mass is 384 g/mol. The van der Waals surface area contributed by atoms with Gasteiger partial charge in [0.25, 0.3) is 0 Å². The van der Waals surface area contributed by atoms with Gasteiger partial charge in [-0.1, -0.05) is 28.1 Å². The summed E-state index contributed by atoms with van der Waals surface area (Å²) in [7, 11) is 0. The minimum Gasteiger partial charge on any atom is -0.462 e. The summed E-state index contributed by atoms with van der Waals surface area (Å²) in [5.74, 6) is 0.448. The highest BCUT2D eigenvalue weighted by atomic mass is 79.9. The molecule has 3 rings (SSSR count). The molecule has 1 aliphatic heterocycles. The van der Waals surface area contributed by atoms with Crippen LogP contribution in [0.5, 0.6) is 5.75 Å². The minimum atomic E-state index is -1.46. The Morgan fingerprint density at radius 2 is 1.65 bits per heavy atom. The van der Waals surface area contributed by atoms with Crippen LogP contribution in [-0.4, -0.2) is 57.7 Å². The fraction of sp³-hybridized carbons (Fsp3) is 0.375. The molecule has 0 bridgehead atoms. The molecule has 2 unspecified atom stereocenters. The van der Waals surface area contributed by atoms with Gasteiger partial charge < -0.3 is 29.9 Å². The Balaban J connectivity index is 1.81. The number of fused-ring (bicyclic) bond motifs is 1. The summed E-state index contributed by atoms with van der Waals surface area (Å²) < 4.78 is 11.9. The first-order valence-electron chi connectivity index (χ1n) is 7.16. The van der Waals surface area contributed by atoms with Gasteiger partial charge in [0.15, 0.2) is 0 Å². The maximum atomic E-state index is 9.98. The van der Waals surface area contributed by atoms with Gasteiger partial charge in [-0.3, -0.25) is 0 Å². The first-order valence-corrected chi connectivity index (χ1v) is 7.95. The van der Waals surface area contributed by atoms with E-state index in [1.807, 2.05) is 24.3 Å². The van der Waals surface area contributed by atoms with Gasteiger partial charge in [-0.15, -0.1) is 0 Å². The lowest BCUT2D eigenvalue weighted by molar-refractivity contribution is -0.277. The Kier molecular flexibility index (Phi) is 4.86. The molecular weight excluding hydrogens is 368 g/mol. The molecule has 2 aromatic carbocycles. The van der Waals surface area contributed by atoms with Crippen molar-refractivity contribution in [3.63, 3.8) is 0 Å². The molecule has 1 saturated heterocycles. The molecule has 1 fully saturated rings. The molecule has 6 nitrogen and oxygen atoms in total. The molecule has 5 atom stereocenters. The van der Waals surface area contributed by atoms with Crippen LogP contribution in [-0.2, 0) is 4.74 Å². The Labute approximate surface area is 141 Å². The SMILES string of the molecule is OCC1O[C@H](Oc2ccc3cc(Br)ccc3c2)C(O)[C@@H](O)[C@@H]1O. The first-order chi connectivity index (χ1) is 11.0. The first kappa shape index (κ1) is 16.6. The summed E-state index contributed by atoms with van der Waals surface area (Å²) in [5, 5.41) is 40.6. The number of rotatable bonds is 3. The van der Waals surface area contributed by atoms with Gasteiger partial charge in [0.2, 0.25) is 6.29 Å². The quantitative estimate of drug-likeness (QED) is 0.624. The van der Waals surface area contributed by atoms with Crippen molar-refractivity contribution in [3.05, 3.63) is 40.9 Å². The van der Waals surface area contributed by atoms with Crippen LogP contribution in [0.25, 0.3) is 10.8 Å². The van der Waals surface area contributed by atoms with Gasteiger partial charge in [-0.05, 0) is 35.0 Å². The highest BCUT2D eigenvalue weighted by molar-refractivity contribution is 9.10. The zero-order valence-corrected chi connectivity index (χ0v) is 13.6. The van der Waals surface area contributed by atoms with Crippen LogP contribution in [0, 0.1) is 0 Å². The highest BCUT2D eigenvalue weighted by Gasteiger charge is 2.44. The Bertz CT molecular complexity index is 691. The Morgan fingerprint density at radius 3 is 2.39 bits per heavy atom. The van der Waals surface area contributed by atoms with Crippen LogP contribution in [0.4, 0.5) is 0 Å². The second kappa shape index (κ2) is 6.72. The van der Waals surface area contributed by atoms with Gasteiger partial charge in [0, 0.05) is 4.47 Å². The molecule has 1 aliphatic rings. The zero-order chi connectivity index (χ0) is 16.6. The van der Waals surface area contributed by atoms with Crippen LogP contribution < -0.4 is 4.74 Å². The van der Waals surface area contributed by atoms with Gasteiger partial charge in [0.1, 0.15) is 30.2 Å². The Hall–Kier alpha value is -1.22. The van der Waals surface area contributed by atoms with Crippen molar-refractivity contribution in [3.8, 4) is 5.75 Å². The summed E-state index contributed by atoms with van der Waals surface area (Å²) >= 11 is 3.41. The molecule has 23 heavy (non-hydrogen) atoms. The predicted molar refractivity (Wildman–Crippen MR) is 86.0 cm³/mol. The summed E-state index contributed by atoms with van der Waals surface area (Å²) in [5.41, 5.74) is 0. The van der Waals surface area contributed by atoms with Crippen LogP contribution in [0.15, 0.2) is 40.9 Å². The van der Waals surface area contributed by atoms with Crippen molar-refractivity contribution in [2.75, 3.05) is 6.61 Å². The smallest absolute Gasteiger partial charge is 0.229 e. The molecular formula is C16H17BrO6. The normalized spacial score (nSPS) is 31.3. The summed E-state index contributed by atoms with van der Waals surface area (Å²) in [6.07, 6.45) is -6.45. The van der Waals surface area contributed by atoms with Crippen LogP contribution in [0.1, 0.15) is 0 Å². The lowest BCUT2D eigenvalue weighted by Crippen LogP contribution is -2.60. The maximum Gasteiger partial charge on any atom is 0.229 e. The molecule has 0 saturated carbocycles. The van der Waals surface area contributed by atoms with E-state index in [2.05, 4.69) is 15.9 Å². The average molecular weight is 385 g/mol. The topological polar surface area (TPSA) is 99.4 Å². The van der Waals surface area contributed by atoms with E-state index in [1.54, 1.807) is 12.1 Å². The van der Waals surface area contributed by atoms with E-state index in [-0.39, 0.29) is 0 Å². The fourth-order valence-corrected chi connectivity index (χ4v) is 2.95. The average Bonchev–Trinajstić information content (AvgIpc) is 2.55. The highest BCUT2D eigenvalue weighted by Crippen LogP contribution is 2.28. The number of ether oxygens (including phenoxy) is 2. The third-order valence-corrected chi connectivity index (χ3v) is 4.37. The van der Waals surface area contributed by atoms with Crippen molar-refractivity contribution in [2.24, 2.45) is 0 Å². The summed E-state index contributed by atoms with van der Waals surface area (Å²) in [4.78, 5) is 0. The van der Waals surface area contributed by atoms with Crippen molar-refractivity contribution in [1.29, 1.82) is 0 Å². The lowest BCUT2D eigenvalue weighted by atomic mass is 9.99. The molecule has 0 aliphatic carbocycles. The zero-order valence-electron chi connectivity index (χ0n) is 12.0. The number of halogens is 1. The number of benzene rings is 2. The molecule has 2 aromatic rings. The maximum absolute atomic E-state index is 9.98. The van der Waals surface area contributed by atoms with E-state index >= 15 is 0 Å². The van der Waals surface area contributed by atoms with Crippen LogP contribution >= 0.6 is 15.9 Å². The van der Waals surface area contributed by atoms with Crippen molar-refractivity contribution >= 4 is 26.7 Å². The molecule has 0 aromatic heterocycles. The van der Waals surface area contributed by atoms with Gasteiger partial charge >= 0.3 is 0 Å². The summed E-state index contributed by atoms with van der Waals surface area (Å²) in [6.45, 7) is -0.490. The largest absolute Gasteiger partial charge is 0.462 e. The second-order valence-corrected chi connectivity index (χ2v) is 6.38. The van der Waals surface area contributed by atoms with Crippen LogP contribution in [0.2, 0.25) is 0 Å². The number of aliphatic hydroxyl groups excluding tert-OH is 4. The predicted octanol–water partition coefficient (Wildman–Crippen LogP) is 0.781. The van der Waals surface area contributed by atoms with E-state index < -0.39 is 37.3 Å². The minimum absolute atomic E-state index is 0.448. The lowest BCUT2D eigenvalue weighted by Gasteiger charge is -2.39. The van der Waals surface area contributed by atoms with E-state index in [4.69, 9.17) is 9.47 Å². The van der Waals surface area contributed by atoms with Crippen molar-refractivity contribution in [2.45, 2.75) is 30.7 Å². The van der Waals surface area contributed by atoms with E-state index in [0.717, 1.165) is 15.2 Å². The van der Waals surface area contributed by atoms with Crippen molar-refractivity contribution < 1.29 is 29.9 Å². The third kappa shape index (κ3) is 3.35. The number of hydrogen-bond donors (Lipinski definition) is 4. The van der Waals surface area contributed by atoms with Crippen LogP contribution in [0.3, 0.4) is 0 Å². The molecule has 7 heteroatoms. The molecule has 4 N–H and O–H groups in total. The third-order valence-electron chi connectivity index (χ3n) is 3.87. The van der Waals surface area contributed by atoms with E-state index in [9.17, 15) is 20.4 Å². The Morgan fingerprint density at radius 1 is 0.957 bits per heavy atom. The van der Waals surface area contributed by atoms with Gasteiger partial charge in [-0.25, -0.2) is 0 Å². The van der Waals surface area contributed by atoms with Gasteiger partial charge in [-0.2, -0.15) is 0 Å². The molecule has 0 spiro atoms. The number of hydrogen-bond acceptors (Lipinski definition) is 6. The molecule has 124 valence electrons. The van der Waals surface area contributed by atoms with Crippen molar-refractivity contribution in [1.82, 2.24) is 0 Å².